The molecule has 0 bridgehead atoms. The van der Waals surface area contributed by atoms with Crippen LogP contribution >= 0.6 is 0 Å². The Morgan fingerprint density at radius 1 is 1.47 bits per heavy atom. The lowest BCUT2D eigenvalue weighted by Gasteiger charge is -1.96. The monoisotopic (exact) mass is 203 g/mol. The third kappa shape index (κ3) is 1.50. The summed E-state index contributed by atoms with van der Waals surface area (Å²) in [6, 6.07) is 4.84. The summed E-state index contributed by atoms with van der Waals surface area (Å²) in [5, 5.41) is 0. The number of hydrogen-bond acceptors (Lipinski definition) is 3. The van der Waals surface area contributed by atoms with E-state index in [0.717, 1.165) is 6.29 Å². The van der Waals surface area contributed by atoms with Gasteiger partial charge < -0.3 is 4.42 Å². The van der Waals surface area contributed by atoms with Crippen molar-refractivity contribution in [3.8, 4) is 0 Å². The van der Waals surface area contributed by atoms with Crippen LogP contribution in [0, 0.1) is 0 Å². The number of nitrogens with zero attached hydrogens (tertiary/aromatic N) is 1. The van der Waals surface area contributed by atoms with Crippen molar-refractivity contribution in [2.45, 2.75) is 6.54 Å². The lowest BCUT2D eigenvalue weighted by atomic mass is 10.2. The molecule has 0 saturated carbocycles. The summed E-state index contributed by atoms with van der Waals surface area (Å²) in [6.07, 6.45) is 2.33. The van der Waals surface area contributed by atoms with Gasteiger partial charge in [0, 0.05) is 12.1 Å². The van der Waals surface area contributed by atoms with Crippen molar-refractivity contribution in [2.75, 3.05) is 0 Å². The number of aldehydes is 1. The standard InChI is InChI=1S/C11H9NO3/c1-2-5-12-9-6-8(7-13)3-4-10(9)15-11(12)14/h2-4,6-7H,1,5H2. The van der Waals surface area contributed by atoms with Gasteiger partial charge in [0.1, 0.15) is 6.29 Å². The molecule has 0 fully saturated rings. The largest absolute Gasteiger partial charge is 0.420 e. The molecule has 0 saturated heterocycles. The summed E-state index contributed by atoms with van der Waals surface area (Å²) in [6.45, 7) is 3.92. The van der Waals surface area contributed by atoms with Gasteiger partial charge in [-0.25, -0.2) is 4.79 Å². The minimum absolute atomic E-state index is 0.369. The number of carbonyl (C=O) groups is 1. The Labute approximate surface area is 85.4 Å². The van der Waals surface area contributed by atoms with Gasteiger partial charge in [-0.15, -0.1) is 6.58 Å². The SMILES string of the molecule is C=CCn1c(=O)oc2ccc(C=O)cc21. The molecule has 0 unspecified atom stereocenters. The number of hydrogen-bond donors (Lipinski definition) is 0. The molecule has 0 N–H and O–H groups in total. The van der Waals surface area contributed by atoms with Crippen molar-refractivity contribution in [2.24, 2.45) is 0 Å². The maximum atomic E-state index is 11.4. The van der Waals surface area contributed by atoms with Crippen molar-refractivity contribution in [1.82, 2.24) is 4.57 Å². The predicted octanol–water partition coefficient (Wildman–Crippen LogP) is 1.59. The summed E-state index contributed by atoms with van der Waals surface area (Å²) in [5.41, 5.74) is 1.61. The van der Waals surface area contributed by atoms with Crippen molar-refractivity contribution < 1.29 is 9.21 Å². The molecule has 2 aromatic rings. The highest BCUT2D eigenvalue weighted by molar-refractivity contribution is 5.83. The van der Waals surface area contributed by atoms with Crippen molar-refractivity contribution in [1.29, 1.82) is 0 Å². The highest BCUT2D eigenvalue weighted by atomic mass is 16.4. The van der Waals surface area contributed by atoms with E-state index in [-0.39, 0.29) is 0 Å². The number of fused-ring (bicyclic) bond motifs is 1. The summed E-state index contributed by atoms with van der Waals surface area (Å²) >= 11 is 0. The number of oxazole rings is 1. The second kappa shape index (κ2) is 3.57. The molecule has 0 atom stereocenters. The smallest absolute Gasteiger partial charge is 0.408 e. The summed E-state index contributed by atoms with van der Waals surface area (Å²) in [7, 11) is 0. The summed E-state index contributed by atoms with van der Waals surface area (Å²) in [4.78, 5) is 22.0. The second-order valence-corrected chi connectivity index (χ2v) is 3.11. The van der Waals surface area contributed by atoms with Crippen LogP contribution in [0.4, 0.5) is 0 Å². The fourth-order valence-corrected chi connectivity index (χ4v) is 1.45. The number of aromatic nitrogens is 1. The van der Waals surface area contributed by atoms with E-state index in [9.17, 15) is 9.59 Å². The molecule has 1 aromatic heterocycles. The number of benzene rings is 1. The lowest BCUT2D eigenvalue weighted by molar-refractivity contribution is 0.112. The van der Waals surface area contributed by atoms with Crippen molar-refractivity contribution in [3.63, 3.8) is 0 Å². The minimum Gasteiger partial charge on any atom is -0.408 e. The Bertz CT molecular complexity index is 577. The quantitative estimate of drug-likeness (QED) is 0.562. The third-order valence-corrected chi connectivity index (χ3v) is 2.14. The van der Waals surface area contributed by atoms with Gasteiger partial charge in [-0.2, -0.15) is 0 Å². The van der Waals surface area contributed by atoms with Crippen LogP contribution in [-0.2, 0) is 6.54 Å². The topological polar surface area (TPSA) is 52.2 Å². The van der Waals surface area contributed by atoms with Crippen LogP contribution in [0.5, 0.6) is 0 Å². The fraction of sp³-hybridized carbons (Fsp3) is 0.0909. The first-order valence-corrected chi connectivity index (χ1v) is 4.45. The normalized spacial score (nSPS) is 10.4. The molecule has 2 rings (SSSR count). The van der Waals surface area contributed by atoms with E-state index in [0.29, 0.717) is 23.2 Å². The molecule has 0 aliphatic heterocycles. The lowest BCUT2D eigenvalue weighted by Crippen LogP contribution is -2.12. The Morgan fingerprint density at radius 2 is 2.27 bits per heavy atom. The van der Waals surface area contributed by atoms with Gasteiger partial charge in [0.05, 0.1) is 5.52 Å². The molecule has 76 valence electrons. The average Bonchev–Trinajstić information content (AvgIpc) is 2.55. The van der Waals surface area contributed by atoms with Crippen LogP contribution in [0.3, 0.4) is 0 Å². The average molecular weight is 203 g/mol. The molecule has 1 heterocycles. The third-order valence-electron chi connectivity index (χ3n) is 2.14. The number of allylic oxidation sites excluding steroid dienone is 1. The van der Waals surface area contributed by atoms with E-state index in [4.69, 9.17) is 4.42 Å². The summed E-state index contributed by atoms with van der Waals surface area (Å²) in [5.74, 6) is -0.437. The Morgan fingerprint density at radius 3 is 2.93 bits per heavy atom. The van der Waals surface area contributed by atoms with Gasteiger partial charge in [-0.05, 0) is 18.2 Å². The number of carbonyl (C=O) groups excluding carboxylic acids is 1. The highest BCUT2D eigenvalue weighted by Gasteiger charge is 2.07. The molecule has 0 aliphatic rings. The van der Waals surface area contributed by atoms with Crippen LogP contribution in [-0.4, -0.2) is 10.9 Å². The zero-order valence-corrected chi connectivity index (χ0v) is 7.97. The molecule has 1 aromatic carbocycles. The molecule has 0 aliphatic carbocycles. The van der Waals surface area contributed by atoms with E-state index >= 15 is 0 Å². The maximum Gasteiger partial charge on any atom is 0.420 e. The second-order valence-electron chi connectivity index (χ2n) is 3.11. The maximum absolute atomic E-state index is 11.4. The van der Waals surface area contributed by atoms with E-state index in [1.54, 1.807) is 24.3 Å². The van der Waals surface area contributed by atoms with Gasteiger partial charge in [0.15, 0.2) is 5.58 Å². The fourth-order valence-electron chi connectivity index (χ4n) is 1.45. The molecular weight excluding hydrogens is 194 g/mol. The van der Waals surface area contributed by atoms with Crippen LogP contribution < -0.4 is 5.76 Å². The Balaban J connectivity index is 2.76. The first-order valence-electron chi connectivity index (χ1n) is 4.45. The van der Waals surface area contributed by atoms with Crippen LogP contribution in [0.2, 0.25) is 0 Å². The number of rotatable bonds is 3. The minimum atomic E-state index is -0.437. The first kappa shape index (κ1) is 9.45. The van der Waals surface area contributed by atoms with E-state index in [1.165, 1.54) is 4.57 Å². The van der Waals surface area contributed by atoms with Crippen molar-refractivity contribution in [3.05, 3.63) is 47.0 Å². The molecule has 4 heteroatoms. The van der Waals surface area contributed by atoms with E-state index < -0.39 is 5.76 Å². The highest BCUT2D eigenvalue weighted by Crippen LogP contribution is 2.14. The molecule has 15 heavy (non-hydrogen) atoms. The van der Waals surface area contributed by atoms with Crippen LogP contribution in [0.1, 0.15) is 10.4 Å². The van der Waals surface area contributed by atoms with E-state index in [1.807, 2.05) is 0 Å². The summed E-state index contributed by atoms with van der Waals surface area (Å²) < 4.78 is 6.42. The van der Waals surface area contributed by atoms with Crippen LogP contribution in [0.25, 0.3) is 11.1 Å². The zero-order valence-electron chi connectivity index (χ0n) is 7.97. The van der Waals surface area contributed by atoms with Gasteiger partial charge in [-0.1, -0.05) is 6.08 Å². The zero-order chi connectivity index (χ0) is 10.8. The van der Waals surface area contributed by atoms with Crippen LogP contribution in [0.15, 0.2) is 40.1 Å². The molecule has 0 amide bonds. The molecule has 0 radical (unpaired) electrons. The first-order chi connectivity index (χ1) is 7.26. The molecule has 0 spiro atoms. The van der Waals surface area contributed by atoms with Gasteiger partial charge in [-0.3, -0.25) is 9.36 Å². The Kier molecular flexibility index (Phi) is 2.25. The van der Waals surface area contributed by atoms with E-state index in [2.05, 4.69) is 6.58 Å². The van der Waals surface area contributed by atoms with Gasteiger partial charge in [0.2, 0.25) is 0 Å². The molecular formula is C11H9NO3. The van der Waals surface area contributed by atoms with Gasteiger partial charge in [0.25, 0.3) is 0 Å². The predicted molar refractivity (Wildman–Crippen MR) is 56.1 cm³/mol. The molecule has 4 nitrogen and oxygen atoms in total. The van der Waals surface area contributed by atoms with Gasteiger partial charge >= 0.3 is 5.76 Å². The van der Waals surface area contributed by atoms with Crippen molar-refractivity contribution >= 4 is 17.4 Å². The Hall–Kier alpha value is -2.10.